The van der Waals surface area contributed by atoms with Gasteiger partial charge in [-0.15, -0.1) is 16.1 Å². The molecule has 0 aliphatic carbocycles. The first-order chi connectivity index (χ1) is 7.34. The maximum absolute atomic E-state index is 11.9. The highest BCUT2D eigenvalue weighted by Gasteiger charge is 2.28. The summed E-state index contributed by atoms with van der Waals surface area (Å²) in [5, 5.41) is 8.72. The van der Waals surface area contributed by atoms with E-state index in [1.54, 1.807) is 6.07 Å². The number of hydrogen-bond acceptors (Lipinski definition) is 4. The number of nitrogens with one attached hydrogen (secondary N) is 1. The second-order valence-electron chi connectivity index (χ2n) is 4.53. The van der Waals surface area contributed by atoms with Gasteiger partial charge < -0.3 is 4.55 Å². The zero-order valence-electron chi connectivity index (χ0n) is 9.90. The van der Waals surface area contributed by atoms with Crippen molar-refractivity contribution in [2.45, 2.75) is 38.5 Å². The molecule has 1 aromatic rings. The monoisotopic (exact) mass is 256 g/mol. The lowest BCUT2D eigenvalue weighted by Gasteiger charge is -2.26. The molecule has 0 saturated carbocycles. The third-order valence-corrected chi connectivity index (χ3v) is 4.86. The molecule has 3 nitrogen and oxygen atoms in total. The van der Waals surface area contributed by atoms with Crippen LogP contribution >= 0.6 is 11.3 Å². The topological polar surface area (TPSA) is 58.9 Å². The molecule has 1 aromatic heterocycles. The van der Waals surface area contributed by atoms with E-state index < -0.39 is 11.4 Å². The molecule has 0 spiro atoms. The van der Waals surface area contributed by atoms with Crippen molar-refractivity contribution in [1.29, 1.82) is 5.26 Å². The molecule has 0 fully saturated rings. The van der Waals surface area contributed by atoms with Crippen LogP contribution in [0.3, 0.4) is 0 Å². The van der Waals surface area contributed by atoms with Gasteiger partial charge in [0, 0.05) is 16.2 Å². The molecule has 5 heteroatoms. The van der Waals surface area contributed by atoms with Crippen LogP contribution in [0.1, 0.15) is 43.5 Å². The van der Waals surface area contributed by atoms with E-state index in [0.717, 1.165) is 4.88 Å². The molecule has 88 valence electrons. The zero-order valence-corrected chi connectivity index (χ0v) is 11.5. The van der Waals surface area contributed by atoms with Crippen molar-refractivity contribution in [1.82, 2.24) is 4.72 Å². The molecule has 16 heavy (non-hydrogen) atoms. The molecule has 0 aliphatic rings. The van der Waals surface area contributed by atoms with Crippen LogP contribution in [0.4, 0.5) is 0 Å². The van der Waals surface area contributed by atoms with Crippen molar-refractivity contribution in [3.05, 3.63) is 21.9 Å². The minimum Gasteiger partial charge on any atom is -0.598 e. The van der Waals surface area contributed by atoms with Gasteiger partial charge >= 0.3 is 0 Å². The Bertz CT molecular complexity index is 389. The Kier molecular flexibility index (Phi) is 4.39. The first-order valence-corrected chi connectivity index (χ1v) is 6.99. The van der Waals surface area contributed by atoms with Gasteiger partial charge in [-0.25, -0.2) is 0 Å². The van der Waals surface area contributed by atoms with Crippen LogP contribution in [0, 0.1) is 11.3 Å². The lowest BCUT2D eigenvalue weighted by molar-refractivity contribution is 0.532. The van der Waals surface area contributed by atoms with E-state index in [9.17, 15) is 4.55 Å². The van der Waals surface area contributed by atoms with Crippen LogP contribution in [0.25, 0.3) is 0 Å². The Morgan fingerprint density at radius 1 is 1.50 bits per heavy atom. The summed E-state index contributed by atoms with van der Waals surface area (Å²) in [6.45, 7) is 7.74. The number of thiophene rings is 1. The largest absolute Gasteiger partial charge is 0.598 e. The second kappa shape index (κ2) is 5.19. The molecule has 0 unspecified atom stereocenters. The summed E-state index contributed by atoms with van der Waals surface area (Å²) in [6, 6.07) is 5.80. The summed E-state index contributed by atoms with van der Waals surface area (Å²) in [4.78, 5) is 1.72. The fraction of sp³-hybridized carbons (Fsp3) is 0.545. The third-order valence-electron chi connectivity index (χ3n) is 2.00. The Morgan fingerprint density at radius 2 is 2.12 bits per heavy atom. The Balaban J connectivity index is 2.66. The highest BCUT2D eigenvalue weighted by molar-refractivity contribution is 7.90. The maximum Gasteiger partial charge on any atom is 0.136 e. The second-order valence-corrected chi connectivity index (χ2v) is 7.65. The van der Waals surface area contributed by atoms with Gasteiger partial charge in [-0.05, 0) is 39.8 Å². The normalized spacial score (nSPS) is 15.5. The number of nitrogens with zero attached hydrogens (tertiary/aromatic N) is 1. The van der Waals surface area contributed by atoms with Crippen LogP contribution in [0.5, 0.6) is 0 Å². The number of nitriles is 1. The van der Waals surface area contributed by atoms with E-state index in [0.29, 0.717) is 4.88 Å². The van der Waals surface area contributed by atoms with Gasteiger partial charge in [-0.2, -0.15) is 5.26 Å². The quantitative estimate of drug-likeness (QED) is 0.846. The Hall–Kier alpha value is -0.540. The zero-order chi connectivity index (χ0) is 12.3. The van der Waals surface area contributed by atoms with Crippen molar-refractivity contribution < 1.29 is 4.55 Å². The van der Waals surface area contributed by atoms with Crippen LogP contribution in [-0.4, -0.2) is 9.30 Å². The third kappa shape index (κ3) is 3.49. The van der Waals surface area contributed by atoms with Gasteiger partial charge in [0.2, 0.25) is 0 Å². The summed E-state index contributed by atoms with van der Waals surface area (Å²) in [5.41, 5.74) is 0. The first-order valence-electron chi connectivity index (χ1n) is 5.02. The summed E-state index contributed by atoms with van der Waals surface area (Å²) in [7, 11) is 0. The van der Waals surface area contributed by atoms with Crippen molar-refractivity contribution in [2.24, 2.45) is 0 Å². The van der Waals surface area contributed by atoms with Gasteiger partial charge in [-0.3, -0.25) is 0 Å². The summed E-state index contributed by atoms with van der Waals surface area (Å²) >= 11 is 0.349. The molecule has 0 aromatic carbocycles. The molecule has 0 aliphatic heterocycles. The van der Waals surface area contributed by atoms with Gasteiger partial charge in [0.05, 0.1) is 6.04 Å². The van der Waals surface area contributed by atoms with Crippen LogP contribution < -0.4 is 4.72 Å². The standard InChI is InChI=1S/C11H16N2OS2/c1-8(13-16(14)11(2,3)4)10-6-5-9(7-12)15-10/h5-6,8,13H,1-4H3/t8-,16-/m1/s1. The highest BCUT2D eigenvalue weighted by Crippen LogP contribution is 2.25. The SMILES string of the molecule is C[C@@H](N[S@+]([O-])C(C)(C)C)c1ccc(C#N)s1. The van der Waals surface area contributed by atoms with E-state index in [-0.39, 0.29) is 10.8 Å². The molecule has 0 amide bonds. The van der Waals surface area contributed by atoms with Crippen LogP contribution in [0.2, 0.25) is 0 Å². The maximum atomic E-state index is 11.9. The van der Waals surface area contributed by atoms with E-state index in [4.69, 9.17) is 5.26 Å². The lowest BCUT2D eigenvalue weighted by atomic mass is 10.3. The van der Waals surface area contributed by atoms with E-state index in [1.165, 1.54) is 11.3 Å². The summed E-state index contributed by atoms with van der Waals surface area (Å²) < 4.78 is 14.6. The molecule has 1 heterocycles. The summed E-state index contributed by atoms with van der Waals surface area (Å²) in [6.07, 6.45) is 0. The van der Waals surface area contributed by atoms with Gasteiger partial charge in [0.25, 0.3) is 0 Å². The van der Waals surface area contributed by atoms with E-state index in [2.05, 4.69) is 10.8 Å². The molecular formula is C11H16N2OS2. The predicted octanol–water partition coefficient (Wildman–Crippen LogP) is 2.73. The van der Waals surface area contributed by atoms with Crippen molar-refractivity contribution in [3.63, 3.8) is 0 Å². The molecule has 0 bridgehead atoms. The fourth-order valence-corrected chi connectivity index (χ4v) is 2.72. The first kappa shape index (κ1) is 13.5. The minimum absolute atomic E-state index is 0.00663. The minimum atomic E-state index is -1.09. The predicted molar refractivity (Wildman–Crippen MR) is 68.5 cm³/mol. The molecule has 0 saturated heterocycles. The Labute approximate surface area is 104 Å². The fourth-order valence-electron chi connectivity index (χ4n) is 1.04. The molecule has 0 radical (unpaired) electrons. The Morgan fingerprint density at radius 3 is 2.56 bits per heavy atom. The molecular weight excluding hydrogens is 240 g/mol. The van der Waals surface area contributed by atoms with Crippen molar-refractivity contribution >= 4 is 22.7 Å². The van der Waals surface area contributed by atoms with E-state index in [1.807, 2.05) is 33.8 Å². The molecule has 2 atom stereocenters. The van der Waals surface area contributed by atoms with Gasteiger partial charge in [0.15, 0.2) is 0 Å². The number of rotatable bonds is 3. The number of hydrogen-bond donors (Lipinski definition) is 1. The smallest absolute Gasteiger partial charge is 0.136 e. The average molecular weight is 256 g/mol. The van der Waals surface area contributed by atoms with Crippen LogP contribution in [-0.2, 0) is 11.4 Å². The average Bonchev–Trinajstić information content (AvgIpc) is 2.64. The van der Waals surface area contributed by atoms with Gasteiger partial charge in [0.1, 0.15) is 15.7 Å². The van der Waals surface area contributed by atoms with Gasteiger partial charge in [-0.1, -0.05) is 0 Å². The van der Waals surface area contributed by atoms with Crippen molar-refractivity contribution in [2.75, 3.05) is 0 Å². The lowest BCUT2D eigenvalue weighted by Crippen LogP contribution is -2.40. The highest BCUT2D eigenvalue weighted by atomic mass is 32.2. The van der Waals surface area contributed by atoms with Crippen molar-refractivity contribution in [3.8, 4) is 6.07 Å². The van der Waals surface area contributed by atoms with Crippen LogP contribution in [0.15, 0.2) is 12.1 Å². The molecule has 1 rings (SSSR count). The van der Waals surface area contributed by atoms with E-state index >= 15 is 0 Å². The summed E-state index contributed by atoms with van der Waals surface area (Å²) in [5.74, 6) is 0. The molecule has 1 N–H and O–H groups in total.